The minimum Gasteiger partial charge on any atom is -0.378 e. The number of morpholine rings is 1. The molecule has 2 aromatic heterocycles. The summed E-state index contributed by atoms with van der Waals surface area (Å²) in [6.07, 6.45) is 5.62. The Morgan fingerprint density at radius 3 is 2.82 bits per heavy atom. The van der Waals surface area contributed by atoms with Gasteiger partial charge in [-0.25, -0.2) is 5.01 Å². The Morgan fingerprint density at radius 1 is 1.15 bits per heavy atom. The van der Waals surface area contributed by atoms with Gasteiger partial charge in [0.05, 0.1) is 30.3 Å². The van der Waals surface area contributed by atoms with Crippen LogP contribution in [0.1, 0.15) is 11.6 Å². The highest BCUT2D eigenvalue weighted by molar-refractivity contribution is 7.17. The number of hydrogen-bond acceptors (Lipinski definition) is 8. The fraction of sp³-hybridized carbons (Fsp3) is 0.208. The van der Waals surface area contributed by atoms with Crippen molar-refractivity contribution in [1.82, 2.24) is 20.3 Å². The molecule has 0 amide bonds. The summed E-state index contributed by atoms with van der Waals surface area (Å²) in [7, 11) is 0. The molecule has 3 aromatic rings. The van der Waals surface area contributed by atoms with Gasteiger partial charge in [-0.1, -0.05) is 24.8 Å². The van der Waals surface area contributed by atoms with E-state index in [0.717, 1.165) is 47.0 Å². The van der Waals surface area contributed by atoms with E-state index in [9.17, 15) is 0 Å². The first kappa shape index (κ1) is 20.0. The summed E-state index contributed by atoms with van der Waals surface area (Å²) < 4.78 is 6.80. The second-order valence-electron chi connectivity index (χ2n) is 7.96. The van der Waals surface area contributed by atoms with E-state index in [1.807, 2.05) is 35.4 Å². The second kappa shape index (κ2) is 8.34. The van der Waals surface area contributed by atoms with Gasteiger partial charge in [-0.05, 0) is 23.8 Å². The van der Waals surface area contributed by atoms with Crippen molar-refractivity contribution in [2.45, 2.75) is 6.04 Å². The highest BCUT2D eigenvalue weighted by Gasteiger charge is 2.38. The molecule has 3 aliphatic rings. The molecule has 166 valence electrons. The number of aliphatic imine (C=N–C) groups is 1. The summed E-state index contributed by atoms with van der Waals surface area (Å²) in [4.78, 5) is 11.5. The third-order valence-electron chi connectivity index (χ3n) is 5.95. The SMILES string of the molecule is C=C1C(c2ccncc2)N=C2C(N3CCOCC3)=CC(=NNc3csc4ccccc34)NN12. The van der Waals surface area contributed by atoms with Gasteiger partial charge in [-0.2, -0.15) is 5.10 Å². The summed E-state index contributed by atoms with van der Waals surface area (Å²) in [6, 6.07) is 12.1. The molecule has 0 aliphatic carbocycles. The smallest absolute Gasteiger partial charge is 0.172 e. The highest BCUT2D eigenvalue weighted by Crippen LogP contribution is 2.36. The van der Waals surface area contributed by atoms with Gasteiger partial charge >= 0.3 is 0 Å². The molecule has 1 saturated heterocycles. The van der Waals surface area contributed by atoms with Gasteiger partial charge < -0.3 is 9.64 Å². The predicted octanol–water partition coefficient (Wildman–Crippen LogP) is 3.73. The minimum absolute atomic E-state index is 0.173. The molecule has 0 radical (unpaired) electrons. The lowest BCUT2D eigenvalue weighted by Gasteiger charge is -2.36. The molecule has 0 saturated carbocycles. The van der Waals surface area contributed by atoms with Crippen molar-refractivity contribution in [1.29, 1.82) is 0 Å². The van der Waals surface area contributed by atoms with Crippen LogP contribution in [0.3, 0.4) is 0 Å². The number of fused-ring (bicyclic) bond motifs is 2. The molecule has 5 heterocycles. The Balaban J connectivity index is 1.34. The third kappa shape index (κ3) is 3.65. The molecule has 1 aromatic carbocycles. The van der Waals surface area contributed by atoms with Crippen LogP contribution in [0.25, 0.3) is 10.1 Å². The molecule has 1 unspecified atom stereocenters. The van der Waals surface area contributed by atoms with Crippen molar-refractivity contribution >= 4 is 38.8 Å². The highest BCUT2D eigenvalue weighted by atomic mass is 32.1. The summed E-state index contributed by atoms with van der Waals surface area (Å²) >= 11 is 1.70. The Labute approximate surface area is 195 Å². The number of nitrogens with one attached hydrogen (secondary N) is 2. The van der Waals surface area contributed by atoms with E-state index in [1.54, 1.807) is 23.7 Å². The summed E-state index contributed by atoms with van der Waals surface area (Å²) in [6.45, 7) is 7.34. The number of amidine groups is 2. The van der Waals surface area contributed by atoms with E-state index < -0.39 is 0 Å². The number of ether oxygens (including phenoxy) is 1. The fourth-order valence-electron chi connectivity index (χ4n) is 4.25. The first-order chi connectivity index (χ1) is 16.3. The van der Waals surface area contributed by atoms with Gasteiger partial charge in [0, 0.05) is 47.0 Å². The van der Waals surface area contributed by atoms with Crippen LogP contribution in [0.4, 0.5) is 5.69 Å². The lowest BCUT2D eigenvalue weighted by Crippen LogP contribution is -2.51. The van der Waals surface area contributed by atoms with Crippen LogP contribution in [-0.2, 0) is 4.74 Å². The lowest BCUT2D eigenvalue weighted by molar-refractivity contribution is 0.0557. The first-order valence-electron chi connectivity index (χ1n) is 10.9. The van der Waals surface area contributed by atoms with Crippen LogP contribution in [0.2, 0.25) is 0 Å². The number of hydrogen-bond donors (Lipinski definition) is 2. The second-order valence-corrected chi connectivity index (χ2v) is 8.87. The van der Waals surface area contributed by atoms with Crippen LogP contribution in [0.5, 0.6) is 0 Å². The summed E-state index contributed by atoms with van der Waals surface area (Å²) in [5.41, 5.74) is 10.5. The van der Waals surface area contributed by atoms with Gasteiger partial charge in [-0.15, -0.1) is 11.3 Å². The number of hydrazine groups is 1. The molecule has 3 aliphatic heterocycles. The van der Waals surface area contributed by atoms with Gasteiger partial charge in [0.15, 0.2) is 11.7 Å². The molecule has 1 atom stereocenters. The van der Waals surface area contributed by atoms with Crippen molar-refractivity contribution < 1.29 is 4.74 Å². The minimum atomic E-state index is -0.173. The monoisotopic (exact) mass is 457 g/mol. The molecule has 33 heavy (non-hydrogen) atoms. The Kier molecular flexibility index (Phi) is 5.04. The Hall–Kier alpha value is -3.69. The first-order valence-corrected chi connectivity index (χ1v) is 11.7. The maximum atomic E-state index is 5.57. The van der Waals surface area contributed by atoms with Gasteiger partial charge in [0.1, 0.15) is 6.04 Å². The van der Waals surface area contributed by atoms with Crippen LogP contribution < -0.4 is 10.9 Å². The van der Waals surface area contributed by atoms with Crippen molar-refractivity contribution in [3.05, 3.63) is 83.8 Å². The molecule has 8 nitrogen and oxygen atoms in total. The van der Waals surface area contributed by atoms with E-state index in [4.69, 9.17) is 14.8 Å². The number of nitrogens with zero attached hydrogens (tertiary/aromatic N) is 5. The average Bonchev–Trinajstić information content (AvgIpc) is 3.44. The van der Waals surface area contributed by atoms with Crippen molar-refractivity contribution in [2.75, 3.05) is 31.7 Å². The number of aromatic nitrogens is 1. The maximum Gasteiger partial charge on any atom is 0.172 e. The zero-order chi connectivity index (χ0) is 22.2. The normalized spacial score (nSPS) is 21.6. The van der Waals surface area contributed by atoms with Crippen LogP contribution in [-0.4, -0.2) is 52.9 Å². The topological polar surface area (TPSA) is 77.4 Å². The Morgan fingerprint density at radius 2 is 1.97 bits per heavy atom. The van der Waals surface area contributed by atoms with E-state index in [0.29, 0.717) is 19.0 Å². The van der Waals surface area contributed by atoms with Crippen LogP contribution in [0, 0.1) is 0 Å². The average molecular weight is 458 g/mol. The number of benzene rings is 1. The van der Waals surface area contributed by atoms with Crippen molar-refractivity contribution in [3.8, 4) is 0 Å². The number of thiophene rings is 1. The zero-order valence-electron chi connectivity index (χ0n) is 17.9. The maximum absolute atomic E-state index is 5.57. The van der Waals surface area contributed by atoms with E-state index in [1.165, 1.54) is 4.70 Å². The molecule has 6 rings (SSSR count). The number of hydrazone groups is 1. The van der Waals surface area contributed by atoms with Gasteiger partial charge in [0.2, 0.25) is 0 Å². The molecule has 9 heteroatoms. The zero-order valence-corrected chi connectivity index (χ0v) is 18.8. The van der Waals surface area contributed by atoms with Crippen molar-refractivity contribution in [2.24, 2.45) is 10.1 Å². The lowest BCUT2D eigenvalue weighted by atomic mass is 10.1. The number of pyridine rings is 1. The molecule has 1 fully saturated rings. The number of rotatable bonds is 4. The standard InChI is InChI=1S/C24H23N7OS/c1-16-23(17-6-8-25-9-7-17)26-24-20(30-10-12-32-13-11-30)14-22(29-31(16)24)28-27-19-15-33-21-5-3-2-4-18(19)21/h2-9,14-15,23,27H,1,10-13H2,(H,28,29). The largest absolute Gasteiger partial charge is 0.378 e. The fourth-order valence-corrected chi connectivity index (χ4v) is 5.14. The van der Waals surface area contributed by atoms with E-state index in [2.05, 4.69) is 44.8 Å². The van der Waals surface area contributed by atoms with Gasteiger partial charge in [-0.3, -0.25) is 20.8 Å². The predicted molar refractivity (Wildman–Crippen MR) is 132 cm³/mol. The van der Waals surface area contributed by atoms with E-state index in [-0.39, 0.29) is 6.04 Å². The van der Waals surface area contributed by atoms with Crippen LogP contribution in [0.15, 0.2) is 88.3 Å². The van der Waals surface area contributed by atoms with Crippen LogP contribution >= 0.6 is 11.3 Å². The van der Waals surface area contributed by atoms with E-state index >= 15 is 0 Å². The van der Waals surface area contributed by atoms with Gasteiger partial charge in [0.25, 0.3) is 0 Å². The molecule has 0 spiro atoms. The molecule has 2 N–H and O–H groups in total. The quantitative estimate of drug-likeness (QED) is 0.582. The summed E-state index contributed by atoms with van der Waals surface area (Å²) in [5.74, 6) is 1.55. The molecular formula is C24H23N7OS. The number of anilines is 1. The Bertz CT molecular complexity index is 1290. The molecule has 0 bridgehead atoms. The van der Waals surface area contributed by atoms with Crippen molar-refractivity contribution in [3.63, 3.8) is 0 Å². The third-order valence-corrected chi connectivity index (χ3v) is 6.91. The summed E-state index contributed by atoms with van der Waals surface area (Å²) in [5, 5.41) is 9.89. The molecular weight excluding hydrogens is 434 g/mol.